The minimum absolute atomic E-state index is 0.0125. The summed E-state index contributed by atoms with van der Waals surface area (Å²) in [6, 6.07) is 22.0. The number of aryl methyl sites for hydroxylation is 1. The van der Waals surface area contributed by atoms with Crippen molar-refractivity contribution in [3.8, 4) is 11.5 Å². The van der Waals surface area contributed by atoms with Crippen molar-refractivity contribution in [3.63, 3.8) is 0 Å². The number of fused-ring (bicyclic) bond motifs is 1. The molecule has 0 spiro atoms. The quantitative estimate of drug-likeness (QED) is 0.523. The average molecular weight is 416 g/mol. The van der Waals surface area contributed by atoms with Crippen LogP contribution in [0.3, 0.4) is 0 Å². The number of hydrogen-bond donors (Lipinski definition) is 0. The van der Waals surface area contributed by atoms with Gasteiger partial charge in [-0.3, -0.25) is 4.79 Å². The topological polar surface area (TPSA) is 38.8 Å². The lowest BCUT2D eigenvalue weighted by atomic mass is 9.79. The van der Waals surface area contributed by atoms with E-state index in [1.807, 2.05) is 60.4 Å². The number of methoxy groups -OCH3 is 2. The summed E-state index contributed by atoms with van der Waals surface area (Å²) in [5.41, 5.74) is 5.56. The molecule has 1 aliphatic rings. The Hall–Kier alpha value is -3.27. The van der Waals surface area contributed by atoms with E-state index in [9.17, 15) is 4.79 Å². The van der Waals surface area contributed by atoms with E-state index in [1.54, 1.807) is 14.2 Å². The molecule has 0 radical (unpaired) electrons. The number of anilines is 1. The number of nitrogens with zero attached hydrogens (tertiary/aromatic N) is 1. The first-order valence-electron chi connectivity index (χ1n) is 10.8. The van der Waals surface area contributed by atoms with E-state index in [-0.39, 0.29) is 5.91 Å². The van der Waals surface area contributed by atoms with E-state index in [1.165, 1.54) is 16.7 Å². The number of ether oxygens (including phenoxy) is 2. The largest absolute Gasteiger partial charge is 0.497 e. The molecule has 31 heavy (non-hydrogen) atoms. The van der Waals surface area contributed by atoms with E-state index in [0.29, 0.717) is 18.0 Å². The normalized spacial score (nSPS) is 15.1. The van der Waals surface area contributed by atoms with Crippen molar-refractivity contribution in [3.05, 3.63) is 89.0 Å². The van der Waals surface area contributed by atoms with Gasteiger partial charge in [-0.15, -0.1) is 0 Å². The molecule has 1 unspecified atom stereocenters. The predicted octanol–water partition coefficient (Wildman–Crippen LogP) is 5.64. The minimum Gasteiger partial charge on any atom is -0.497 e. The lowest BCUT2D eigenvalue weighted by molar-refractivity contribution is 0.0988. The average Bonchev–Trinajstić information content (AvgIpc) is 2.84. The standard InChI is InChI=1S/C27H29NO3/c1-4-28(27(29)19-8-6-5-7-9-19)26-18-24(31-3)14-15-25(26)22-11-10-21-17-23(30-2)13-12-20(21)16-22/h5-9,12-15,17-18,22H,4,10-11,16H2,1-3H3. The zero-order valence-electron chi connectivity index (χ0n) is 18.4. The monoisotopic (exact) mass is 415 g/mol. The summed E-state index contributed by atoms with van der Waals surface area (Å²) in [6.07, 6.45) is 2.99. The molecule has 1 amide bonds. The van der Waals surface area contributed by atoms with Crippen molar-refractivity contribution in [2.45, 2.75) is 32.1 Å². The molecule has 0 heterocycles. The molecule has 0 aliphatic heterocycles. The fourth-order valence-electron chi connectivity index (χ4n) is 4.51. The Kier molecular flexibility index (Phi) is 6.26. The van der Waals surface area contributed by atoms with E-state index >= 15 is 0 Å². The van der Waals surface area contributed by atoms with Crippen molar-refractivity contribution in [1.82, 2.24) is 0 Å². The maximum atomic E-state index is 13.4. The van der Waals surface area contributed by atoms with Crippen LogP contribution in [0.2, 0.25) is 0 Å². The van der Waals surface area contributed by atoms with Crippen molar-refractivity contribution in [2.24, 2.45) is 0 Å². The second kappa shape index (κ2) is 9.25. The number of carbonyl (C=O) groups is 1. The highest BCUT2D eigenvalue weighted by Gasteiger charge is 2.27. The number of hydrogen-bond acceptors (Lipinski definition) is 3. The molecule has 0 aromatic heterocycles. The Bertz CT molecular complexity index is 1060. The van der Waals surface area contributed by atoms with Gasteiger partial charge >= 0.3 is 0 Å². The van der Waals surface area contributed by atoms with Gasteiger partial charge in [0.05, 0.1) is 19.9 Å². The first-order valence-corrected chi connectivity index (χ1v) is 10.8. The molecule has 0 fully saturated rings. The van der Waals surface area contributed by atoms with E-state index in [2.05, 4.69) is 18.2 Å². The molecule has 0 saturated heterocycles. The Morgan fingerprint density at radius 1 is 0.935 bits per heavy atom. The summed E-state index contributed by atoms with van der Waals surface area (Å²) >= 11 is 0. The third-order valence-electron chi connectivity index (χ3n) is 6.19. The second-order valence-electron chi connectivity index (χ2n) is 7.91. The van der Waals surface area contributed by atoms with Crippen molar-refractivity contribution in [1.29, 1.82) is 0 Å². The molecule has 4 heteroatoms. The van der Waals surface area contributed by atoms with E-state index in [4.69, 9.17) is 9.47 Å². The van der Waals surface area contributed by atoms with Crippen LogP contribution in [0.15, 0.2) is 66.7 Å². The number of amides is 1. The van der Waals surface area contributed by atoms with Gasteiger partial charge < -0.3 is 14.4 Å². The highest BCUT2D eigenvalue weighted by molar-refractivity contribution is 6.06. The summed E-state index contributed by atoms with van der Waals surface area (Å²) < 4.78 is 10.9. The van der Waals surface area contributed by atoms with Crippen LogP contribution in [-0.2, 0) is 12.8 Å². The van der Waals surface area contributed by atoms with Gasteiger partial charge in [0.25, 0.3) is 5.91 Å². The molecule has 0 saturated carbocycles. The van der Waals surface area contributed by atoms with E-state index in [0.717, 1.165) is 36.4 Å². The van der Waals surface area contributed by atoms with Crippen molar-refractivity contribution in [2.75, 3.05) is 25.7 Å². The van der Waals surface area contributed by atoms with Gasteiger partial charge in [0.2, 0.25) is 0 Å². The minimum atomic E-state index is 0.0125. The Labute approximate surface area is 184 Å². The molecule has 1 aliphatic carbocycles. The highest BCUT2D eigenvalue weighted by atomic mass is 16.5. The molecule has 0 N–H and O–H groups in total. The Morgan fingerprint density at radius 3 is 2.35 bits per heavy atom. The number of benzene rings is 3. The maximum absolute atomic E-state index is 13.4. The second-order valence-corrected chi connectivity index (χ2v) is 7.91. The summed E-state index contributed by atoms with van der Waals surface area (Å²) in [4.78, 5) is 15.2. The van der Waals surface area contributed by atoms with Crippen LogP contribution in [-0.4, -0.2) is 26.7 Å². The molecule has 0 bridgehead atoms. The van der Waals surface area contributed by atoms with Gasteiger partial charge in [-0.2, -0.15) is 0 Å². The molecular formula is C27H29NO3. The third kappa shape index (κ3) is 4.29. The van der Waals surface area contributed by atoms with Crippen LogP contribution >= 0.6 is 0 Å². The molecule has 3 aromatic rings. The third-order valence-corrected chi connectivity index (χ3v) is 6.19. The van der Waals surface area contributed by atoms with Crippen molar-refractivity contribution >= 4 is 11.6 Å². The summed E-state index contributed by atoms with van der Waals surface area (Å²) in [5.74, 6) is 2.03. The molecule has 160 valence electrons. The smallest absolute Gasteiger partial charge is 0.258 e. The van der Waals surface area contributed by atoms with Crippen LogP contribution in [0.1, 0.15) is 46.3 Å². The fraction of sp³-hybridized carbons (Fsp3) is 0.296. The first-order chi connectivity index (χ1) is 15.1. The van der Waals surface area contributed by atoms with Crippen LogP contribution in [0, 0.1) is 0 Å². The van der Waals surface area contributed by atoms with Crippen molar-refractivity contribution < 1.29 is 14.3 Å². The predicted molar refractivity (Wildman–Crippen MR) is 125 cm³/mol. The summed E-state index contributed by atoms with van der Waals surface area (Å²) in [7, 11) is 3.37. The molecule has 3 aromatic carbocycles. The van der Waals surface area contributed by atoms with Gasteiger partial charge in [0.1, 0.15) is 11.5 Å². The lowest BCUT2D eigenvalue weighted by Gasteiger charge is -2.31. The summed E-state index contributed by atoms with van der Waals surface area (Å²) in [6.45, 7) is 2.61. The molecule has 4 nitrogen and oxygen atoms in total. The van der Waals surface area contributed by atoms with Gasteiger partial charge in [0.15, 0.2) is 0 Å². The summed E-state index contributed by atoms with van der Waals surface area (Å²) in [5, 5.41) is 0. The highest BCUT2D eigenvalue weighted by Crippen LogP contribution is 2.40. The van der Waals surface area contributed by atoms with Gasteiger partial charge in [0, 0.05) is 18.2 Å². The SMILES string of the molecule is CCN(C(=O)c1ccccc1)c1cc(OC)ccc1C1CCc2cc(OC)ccc2C1. The molecule has 1 atom stereocenters. The zero-order valence-corrected chi connectivity index (χ0v) is 18.4. The molecular weight excluding hydrogens is 386 g/mol. The Morgan fingerprint density at radius 2 is 1.65 bits per heavy atom. The van der Waals surface area contributed by atoms with Gasteiger partial charge in [-0.05, 0) is 79.1 Å². The fourth-order valence-corrected chi connectivity index (χ4v) is 4.51. The van der Waals surface area contributed by atoms with Crippen LogP contribution < -0.4 is 14.4 Å². The lowest BCUT2D eigenvalue weighted by Crippen LogP contribution is -2.32. The van der Waals surface area contributed by atoms with Gasteiger partial charge in [-0.25, -0.2) is 0 Å². The number of rotatable bonds is 6. The van der Waals surface area contributed by atoms with E-state index < -0.39 is 0 Å². The van der Waals surface area contributed by atoms with Crippen LogP contribution in [0.5, 0.6) is 11.5 Å². The zero-order chi connectivity index (χ0) is 21.8. The Balaban J connectivity index is 1.71. The van der Waals surface area contributed by atoms with Crippen LogP contribution in [0.4, 0.5) is 5.69 Å². The van der Waals surface area contributed by atoms with Gasteiger partial charge in [-0.1, -0.05) is 30.3 Å². The first kappa shape index (κ1) is 21.0. The maximum Gasteiger partial charge on any atom is 0.258 e. The van der Waals surface area contributed by atoms with Crippen LogP contribution in [0.25, 0.3) is 0 Å². The number of carbonyl (C=O) groups excluding carboxylic acids is 1. The molecule has 4 rings (SSSR count).